The van der Waals surface area contributed by atoms with Gasteiger partial charge in [-0.2, -0.15) is 30.6 Å². The van der Waals surface area contributed by atoms with Gasteiger partial charge in [0.05, 0.1) is 53.9 Å². The Balaban J connectivity index is 0.000000198. The van der Waals surface area contributed by atoms with Crippen LogP contribution in [0.1, 0.15) is 154 Å². The third kappa shape index (κ3) is 25.0. The molecule has 13 aromatic rings. The predicted octanol–water partition coefficient (Wildman–Crippen LogP) is 15.2. The van der Waals surface area contributed by atoms with Crippen molar-refractivity contribution in [2.75, 3.05) is 20.3 Å². The quantitative estimate of drug-likeness (QED) is 0.0370. The van der Waals surface area contributed by atoms with E-state index in [-0.39, 0.29) is 69.4 Å². The smallest absolute Gasteiger partial charge is 0.360 e. The third-order valence-corrected chi connectivity index (χ3v) is 20.7. The second-order valence-corrected chi connectivity index (χ2v) is 30.2. The summed E-state index contributed by atoms with van der Waals surface area (Å²) < 4.78 is 107. The Bertz CT molecular complexity index is 7250. The van der Waals surface area contributed by atoms with Gasteiger partial charge in [-0.1, -0.05) is 72.8 Å². The normalized spacial score (nSPS) is 11.2. The molecule has 716 valence electrons. The number of carbonyl (C=O) groups is 8. The molecular weight excluding hydrogens is 1820 g/mol. The first-order valence-electron chi connectivity index (χ1n) is 41.1. The molecule has 41 heteroatoms. The first-order chi connectivity index (χ1) is 65.0. The molecule has 14 rings (SSSR count). The number of hydrogen-bond donors (Lipinski definition) is 7. The number of ether oxygens (including phenoxy) is 2. The maximum absolute atomic E-state index is 13.2. The third-order valence-electron chi connectivity index (χ3n) is 20.7. The standard InChI is InChI=1S/C15H15FN2O3.3C14H13FN2O3.C14H12FNO3.2C13H11FN2O3/c1-8(2)18-9(3)12(10-4-6-11(16)7-5-10)14(19)13(17-18)15(20)21;1-7-6-9(15)4-5-10(7)11-8(2)17(3)16-12(13(11)18)14(19)20;1-3-17-8(2)11(9-4-6-10(15)7-5-9)13(18)12(16-17)14(19)20;1-3-20-13-11(9-4-6-10(15)7-5-9)8(2)16-17-12(13)14(18)19;1-7-5-9(15)3-4-10(7)11-8(2)6-16-12(13(11)17)14(18)19;1-7-10(8-3-5-9(14)6-4-8)12(17)11(13(18)19)15-16(7)2;1-7-10(8-3-5-9(14)6-4-8)12(19-2)11(13(17)18)16-15-7/h4-8H,1-3H3,(H,20,21);4-6H,1-3H3,(H,19,20);4-7H,3H2,1-2H3,(H,19,20);4-7H,3H2,1-2H3,(H,18,19);3-5H,6H2,1-2H3,(H,18,19);3-6H,1-2H3,(H,18,19);3-6H,1-2H3,(H,17,18). The minimum Gasteiger partial charge on any atom is -0.493 e. The molecule has 0 atom stereocenters. The van der Waals surface area contributed by atoms with E-state index in [0.717, 1.165) is 0 Å². The minimum absolute atomic E-state index is 0.108. The number of halogens is 7. The maximum Gasteiger partial charge on any atom is 0.360 e. The Hall–Kier alpha value is -17.3. The number of Topliss-reactive ketones (excluding diaryl/α,β-unsaturated/α-hetero) is 1. The molecule has 138 heavy (non-hydrogen) atoms. The summed E-state index contributed by atoms with van der Waals surface area (Å²) in [6.45, 7) is 23.2. The topological polar surface area (TPSA) is 500 Å². The van der Waals surface area contributed by atoms with E-state index in [0.29, 0.717) is 120 Å². The van der Waals surface area contributed by atoms with Crippen LogP contribution in [0, 0.1) is 96.1 Å². The van der Waals surface area contributed by atoms with Gasteiger partial charge in [0.25, 0.3) is 0 Å². The molecule has 0 bridgehead atoms. The summed E-state index contributed by atoms with van der Waals surface area (Å²) in [5.74, 6) is -12.5. The molecule has 1 aliphatic heterocycles. The maximum atomic E-state index is 13.2. The molecule has 0 aliphatic carbocycles. The average molecular weight is 1900 g/mol. The van der Waals surface area contributed by atoms with Crippen molar-refractivity contribution >= 4 is 58.9 Å². The number of methoxy groups -OCH3 is 1. The van der Waals surface area contributed by atoms with Crippen molar-refractivity contribution in [3.05, 3.63) is 330 Å². The summed E-state index contributed by atoms with van der Waals surface area (Å²) in [4.78, 5) is 142. The van der Waals surface area contributed by atoms with Crippen LogP contribution in [0.5, 0.6) is 11.5 Å². The van der Waals surface area contributed by atoms with Gasteiger partial charge in [-0.3, -0.25) is 47.7 Å². The van der Waals surface area contributed by atoms with E-state index >= 15 is 0 Å². The molecule has 7 heterocycles. The van der Waals surface area contributed by atoms with Crippen LogP contribution in [0.3, 0.4) is 0 Å². The number of allylic oxidation sites excluding steroid dienone is 1. The van der Waals surface area contributed by atoms with Gasteiger partial charge in [-0.05, 0) is 231 Å². The largest absolute Gasteiger partial charge is 0.493 e. The molecular formula is C97H88F7N13O21. The molecule has 0 unspecified atom stereocenters. The van der Waals surface area contributed by atoms with E-state index in [1.54, 1.807) is 102 Å². The van der Waals surface area contributed by atoms with E-state index in [9.17, 15) is 88.3 Å². The number of carboxylic acid groups (broad SMARTS) is 7. The van der Waals surface area contributed by atoms with Crippen molar-refractivity contribution in [2.24, 2.45) is 19.1 Å². The molecule has 34 nitrogen and oxygen atoms in total. The average Bonchev–Trinajstić information content (AvgIpc) is 0.770. The van der Waals surface area contributed by atoms with Gasteiger partial charge in [-0.15, -0.1) is 10.2 Å². The summed E-state index contributed by atoms with van der Waals surface area (Å²) in [7, 11) is 4.47. The van der Waals surface area contributed by atoms with Crippen LogP contribution in [0.4, 0.5) is 30.7 Å². The van der Waals surface area contributed by atoms with E-state index in [4.69, 9.17) is 45.2 Å². The van der Waals surface area contributed by atoms with Crippen LogP contribution >= 0.6 is 0 Å². The van der Waals surface area contributed by atoms with Crippen LogP contribution < -0.4 is 31.2 Å². The molecule has 7 aromatic carbocycles. The van der Waals surface area contributed by atoms with Gasteiger partial charge in [0.2, 0.25) is 61.7 Å². The Kier molecular flexibility index (Phi) is 35.6. The molecule has 7 N–H and O–H groups in total. The van der Waals surface area contributed by atoms with Crippen molar-refractivity contribution < 1.29 is 114 Å². The number of aryl methyl sites for hydroxylation is 7. The molecule has 6 aromatic heterocycles. The van der Waals surface area contributed by atoms with Gasteiger partial charge >= 0.3 is 41.8 Å². The number of nitrogens with zero attached hydrogens (tertiary/aromatic N) is 13. The summed E-state index contributed by atoms with van der Waals surface area (Å²) in [5, 5.41) is 93.4. The highest BCUT2D eigenvalue weighted by Gasteiger charge is 2.32. The zero-order valence-corrected chi connectivity index (χ0v) is 76.5. The van der Waals surface area contributed by atoms with Crippen molar-refractivity contribution in [1.29, 1.82) is 0 Å². The monoisotopic (exact) mass is 1900 g/mol. The highest BCUT2D eigenvalue weighted by molar-refractivity contribution is 6.73. The second kappa shape index (κ2) is 46.4. The number of benzene rings is 7. The number of aliphatic imine (C=N–C) groups is 1. The summed E-state index contributed by atoms with van der Waals surface area (Å²) in [6.07, 6.45) is 0. The summed E-state index contributed by atoms with van der Waals surface area (Å²) in [6, 6.07) is 35.3. The van der Waals surface area contributed by atoms with Crippen LogP contribution in [0.2, 0.25) is 0 Å². The minimum atomic E-state index is -1.39. The number of dihydropyridines is 1. The lowest BCUT2D eigenvalue weighted by Gasteiger charge is -2.17. The Morgan fingerprint density at radius 2 is 0.681 bits per heavy atom. The number of carboxylic acids is 7. The Morgan fingerprint density at radius 3 is 1.02 bits per heavy atom. The predicted molar refractivity (Wildman–Crippen MR) is 490 cm³/mol. The number of ketones is 1. The zero-order chi connectivity index (χ0) is 103. The van der Waals surface area contributed by atoms with Gasteiger partial charge in [0.1, 0.15) is 40.7 Å². The van der Waals surface area contributed by atoms with E-state index in [1.807, 2.05) is 13.8 Å². The highest BCUT2D eigenvalue weighted by atomic mass is 19.2. The number of rotatable bonds is 19. The number of hydrogen-bond acceptors (Lipinski definition) is 23. The van der Waals surface area contributed by atoms with Gasteiger partial charge in [-0.25, -0.2) is 64.3 Å². The van der Waals surface area contributed by atoms with Crippen LogP contribution in [-0.4, -0.2) is 169 Å². The van der Waals surface area contributed by atoms with E-state index in [1.165, 1.54) is 171 Å². The van der Waals surface area contributed by atoms with Crippen molar-refractivity contribution in [1.82, 2.24) is 59.5 Å². The fourth-order valence-electron chi connectivity index (χ4n) is 13.9. The van der Waals surface area contributed by atoms with Gasteiger partial charge in [0, 0.05) is 66.2 Å². The molecule has 0 saturated heterocycles. The first kappa shape index (κ1) is 106. The molecule has 0 radical (unpaired) electrons. The summed E-state index contributed by atoms with van der Waals surface area (Å²) in [5.41, 5.74) is 5.15. The van der Waals surface area contributed by atoms with E-state index in [2.05, 4.69) is 45.8 Å². The number of aromatic nitrogens is 12. The summed E-state index contributed by atoms with van der Waals surface area (Å²) >= 11 is 0. The van der Waals surface area contributed by atoms with Crippen LogP contribution in [0.15, 0.2) is 187 Å². The Labute approximate surface area is 779 Å². The molecule has 0 amide bonds. The number of aliphatic carboxylic acids is 1. The Morgan fingerprint density at radius 1 is 0.370 bits per heavy atom. The van der Waals surface area contributed by atoms with Crippen molar-refractivity contribution in [3.8, 4) is 78.3 Å². The zero-order valence-electron chi connectivity index (χ0n) is 76.5. The molecule has 1 aliphatic rings. The fraction of sp³-hybridized carbons (Fsp3) is 0.206. The fourth-order valence-corrected chi connectivity index (χ4v) is 13.9. The lowest BCUT2D eigenvalue weighted by Crippen LogP contribution is -2.29. The molecule has 0 saturated carbocycles. The van der Waals surface area contributed by atoms with Crippen LogP contribution in [0.25, 0.3) is 72.3 Å². The number of carbonyl (C=O) groups excluding carboxylic acids is 1. The number of aromatic carboxylic acids is 6. The first-order valence-corrected chi connectivity index (χ1v) is 41.1. The lowest BCUT2D eigenvalue weighted by atomic mass is 9.89. The highest BCUT2D eigenvalue weighted by Crippen LogP contribution is 2.37. The lowest BCUT2D eigenvalue weighted by molar-refractivity contribution is -0.130. The van der Waals surface area contributed by atoms with Crippen LogP contribution in [-0.2, 0) is 30.2 Å². The second-order valence-electron chi connectivity index (χ2n) is 30.2. The SMILES string of the molecule is CC1=C(c2ccc(F)cc2C)C(=O)C(C(=O)O)=NC1.CCOc1c(C(=O)O)nnc(C)c1-c1ccc(F)cc1.CCn1nc(C(=O)O)c(=O)c(-c2ccc(F)cc2)c1C.COc1c(C(=O)O)nnc(C)c1-c1ccc(F)cc1.Cc1c(-c2ccc(F)cc2)c(=O)c(C(=O)O)nn1C.Cc1c(-c2ccc(F)cc2)c(=O)c(C(=O)O)nn1C(C)C.Cc1cc(F)ccc1-c1c(C)n(C)nc(C(=O)O)c1=O. The molecule has 0 fully saturated rings. The van der Waals surface area contributed by atoms with Crippen molar-refractivity contribution in [2.45, 2.75) is 103 Å². The van der Waals surface area contributed by atoms with Gasteiger partial charge in [0.15, 0.2) is 17.2 Å². The molecule has 0 spiro atoms. The van der Waals surface area contributed by atoms with Crippen molar-refractivity contribution in [3.63, 3.8) is 0 Å². The van der Waals surface area contributed by atoms with Gasteiger partial charge < -0.3 is 45.2 Å². The van der Waals surface area contributed by atoms with E-state index < -0.39 is 127 Å².